The van der Waals surface area contributed by atoms with Crippen molar-refractivity contribution in [2.45, 2.75) is 6.92 Å². The first-order chi connectivity index (χ1) is 52.0. The van der Waals surface area contributed by atoms with Crippen LogP contribution in [0.5, 0.6) is 0 Å². The number of aryl methyl sites for hydroxylation is 1. The fraction of sp³-hybridized carbons (Fsp3) is 0.0103. The molecule has 0 bridgehead atoms. The van der Waals surface area contributed by atoms with Crippen molar-refractivity contribution >= 4 is 158 Å². The number of rotatable bonds is 8. The molecule has 8 heteroatoms. The van der Waals surface area contributed by atoms with E-state index in [-0.39, 0.29) is 0 Å². The quantitative estimate of drug-likeness (QED) is 0.142. The number of hydrogen-bond donors (Lipinski definition) is 0. The summed E-state index contributed by atoms with van der Waals surface area (Å²) in [6.45, 7) is 6.64. The second kappa shape index (κ2) is 21.7. The van der Waals surface area contributed by atoms with Crippen LogP contribution in [0, 0.1) is 6.92 Å². The molecule has 0 radical (unpaired) electrons. The monoisotopic (exact) mass is 1330 g/mol. The van der Waals surface area contributed by atoms with Crippen molar-refractivity contribution in [2.75, 3.05) is 0 Å². The summed E-state index contributed by atoms with van der Waals surface area (Å²) in [5, 5.41) is 19.5. The minimum absolute atomic E-state index is 0.612. The summed E-state index contributed by atoms with van der Waals surface area (Å²) in [4.78, 5) is 22.7. The molecule has 0 saturated carbocycles. The van der Waals surface area contributed by atoms with Crippen LogP contribution in [0.4, 0.5) is 0 Å². The van der Waals surface area contributed by atoms with E-state index < -0.39 is 0 Å². The van der Waals surface area contributed by atoms with E-state index >= 15 is 0 Å². The van der Waals surface area contributed by atoms with Gasteiger partial charge < -0.3 is 8.80 Å². The lowest BCUT2D eigenvalue weighted by Gasteiger charge is -2.16. The molecule has 0 saturated heterocycles. The van der Waals surface area contributed by atoms with Crippen LogP contribution < -0.4 is 5.22 Å². The number of nitrogens with zero attached hydrogens (tertiary/aromatic N) is 8. The van der Waals surface area contributed by atoms with Crippen LogP contribution in [-0.4, -0.2) is 37.9 Å². The van der Waals surface area contributed by atoms with Crippen LogP contribution in [0.3, 0.4) is 0 Å². The molecule has 0 unspecified atom stereocenters. The number of fused-ring (bicyclic) bond motifs is 15. The van der Waals surface area contributed by atoms with Gasteiger partial charge in [-0.3, -0.25) is 9.13 Å². The summed E-state index contributed by atoms with van der Waals surface area (Å²) < 4.78 is 9.57. The van der Waals surface area contributed by atoms with Gasteiger partial charge in [0.2, 0.25) is 11.9 Å². The second-order valence-corrected chi connectivity index (χ2v) is 28.0. The summed E-state index contributed by atoms with van der Waals surface area (Å²) in [7, 11) is 0. The number of para-hydroxylation sites is 2. The average Bonchev–Trinajstić information content (AvgIpc) is 1.54. The SMILES string of the molecule is C=C/C=c1/c2cccc3c2c2c(cccc2n2c1c(C)c1cc(-c4cccc(-c5cccc6c5ccc5nc(-n7c8cccc9c%10cccc%11c%12ccccc%12n(c%12cccc7c%12c98)c%10%11)nc(-c7ccccc7)c56)c4)ccc12)n3-c1nc(-c2ccccc2)c2c(cc(-c3ccccc3)c3ccccc32)n1. The van der Waals surface area contributed by atoms with Gasteiger partial charge in [0.15, 0.2) is 0 Å². The molecule has 486 valence electrons. The summed E-state index contributed by atoms with van der Waals surface area (Å²) in [6, 6.07) is 112. The summed E-state index contributed by atoms with van der Waals surface area (Å²) in [5.41, 5.74) is 24.7. The molecule has 0 aliphatic carbocycles. The van der Waals surface area contributed by atoms with Crippen molar-refractivity contribution in [3.8, 4) is 67.8 Å². The van der Waals surface area contributed by atoms with Crippen molar-refractivity contribution in [1.82, 2.24) is 37.9 Å². The molecule has 8 aromatic heterocycles. The number of hydrogen-bond acceptors (Lipinski definition) is 4. The zero-order valence-electron chi connectivity index (χ0n) is 56.9. The molecule has 0 N–H and O–H groups in total. The van der Waals surface area contributed by atoms with Crippen molar-refractivity contribution in [2.24, 2.45) is 0 Å². The molecule has 23 rings (SSSR count). The largest absolute Gasteiger partial charge is 0.308 e. The van der Waals surface area contributed by atoms with E-state index in [9.17, 15) is 0 Å². The van der Waals surface area contributed by atoms with Gasteiger partial charge in [0.25, 0.3) is 0 Å². The normalized spacial score (nSPS) is 12.5. The topological polar surface area (TPSA) is 70.2 Å². The maximum atomic E-state index is 5.74. The molecule has 0 aliphatic heterocycles. The van der Waals surface area contributed by atoms with Gasteiger partial charge in [-0.05, 0) is 151 Å². The molecule has 0 atom stereocenters. The first-order valence-corrected chi connectivity index (χ1v) is 35.9. The molecule has 23 aromatic rings. The van der Waals surface area contributed by atoms with Gasteiger partial charge in [0.1, 0.15) is 0 Å². The third-order valence-corrected chi connectivity index (χ3v) is 22.6. The zero-order valence-corrected chi connectivity index (χ0v) is 56.9. The number of aromatic nitrogens is 8. The van der Waals surface area contributed by atoms with Gasteiger partial charge in [0.05, 0.1) is 77.6 Å². The fourth-order valence-corrected chi connectivity index (χ4v) is 18.3. The van der Waals surface area contributed by atoms with Crippen LogP contribution in [0.1, 0.15) is 5.56 Å². The highest BCUT2D eigenvalue weighted by Crippen LogP contribution is 2.48. The predicted molar refractivity (Wildman–Crippen MR) is 439 cm³/mol. The highest BCUT2D eigenvalue weighted by molar-refractivity contribution is 6.32. The maximum Gasteiger partial charge on any atom is 0.235 e. The van der Waals surface area contributed by atoms with Crippen LogP contribution in [0.15, 0.2) is 322 Å². The first-order valence-electron chi connectivity index (χ1n) is 35.9. The van der Waals surface area contributed by atoms with E-state index in [1.54, 1.807) is 0 Å². The summed E-state index contributed by atoms with van der Waals surface area (Å²) in [5.74, 6) is 1.24. The Morgan fingerprint density at radius 3 is 1.38 bits per heavy atom. The lowest BCUT2D eigenvalue weighted by molar-refractivity contribution is 1.01. The van der Waals surface area contributed by atoms with Crippen molar-refractivity contribution < 1.29 is 0 Å². The molecule has 0 spiro atoms. The van der Waals surface area contributed by atoms with Crippen molar-refractivity contribution in [1.29, 1.82) is 0 Å². The Balaban J connectivity index is 0.686. The average molecular weight is 1340 g/mol. The first kappa shape index (κ1) is 57.7. The smallest absolute Gasteiger partial charge is 0.235 e. The standard InChI is InChI=1S/C97H58N8/c1-3-24-71-69-38-20-43-80-88(69)90-82(45-22-47-84(90)105(80)97-99-77-55-75(57-25-7-4-8-26-57)64-33-13-14-35-67(64)87(77)93(101-97)59-29-11-6-12-30-59)102-79-52-49-61(54-74(79)56(2)94(71)102)60-31-17-32-62(53-60)63-36-18-37-68-65(63)50-51-76-86(68)92(58-27-9-5-10-28-58)100-96(98-76)104-81-44-21-39-70-73-41-19-40-72-66-34-15-16-42-78(66)103(95(72)73)83-46-23-48-85(104)91(83)89(70)81/h3-55H,1H2,2H3/b71-24-. The van der Waals surface area contributed by atoms with Gasteiger partial charge in [-0.25, -0.2) is 19.9 Å². The van der Waals surface area contributed by atoms with E-state index in [0.29, 0.717) is 11.9 Å². The number of allylic oxidation sites excluding steroid dienone is 1. The fourth-order valence-electron chi connectivity index (χ4n) is 18.3. The molecule has 15 aromatic carbocycles. The molecule has 0 fully saturated rings. The Labute approximate surface area is 600 Å². The molecule has 8 nitrogen and oxygen atoms in total. The third-order valence-electron chi connectivity index (χ3n) is 22.6. The van der Waals surface area contributed by atoms with Crippen LogP contribution in [0.2, 0.25) is 0 Å². The Hall–Kier alpha value is -14.1. The molecule has 8 heterocycles. The van der Waals surface area contributed by atoms with Crippen molar-refractivity contribution in [3.05, 3.63) is 333 Å². The second-order valence-electron chi connectivity index (χ2n) is 28.0. The zero-order chi connectivity index (χ0) is 68.9. The summed E-state index contributed by atoms with van der Waals surface area (Å²) in [6.07, 6.45) is 4.13. The molecule has 105 heavy (non-hydrogen) atoms. The lowest BCUT2D eigenvalue weighted by Crippen LogP contribution is -2.06. The van der Waals surface area contributed by atoms with Crippen LogP contribution in [-0.2, 0) is 0 Å². The maximum absolute atomic E-state index is 5.74. The molecule has 0 aliphatic rings. The van der Waals surface area contributed by atoms with E-state index in [4.69, 9.17) is 19.9 Å². The van der Waals surface area contributed by atoms with Gasteiger partial charge in [0, 0.05) is 70.2 Å². The predicted octanol–water partition coefficient (Wildman–Crippen LogP) is 24.1. The highest BCUT2D eigenvalue weighted by atomic mass is 15.2. The Morgan fingerprint density at radius 1 is 0.267 bits per heavy atom. The van der Waals surface area contributed by atoms with Gasteiger partial charge in [-0.2, -0.15) is 0 Å². The Morgan fingerprint density at radius 2 is 0.705 bits per heavy atom. The van der Waals surface area contributed by atoms with Gasteiger partial charge >= 0.3 is 0 Å². The summed E-state index contributed by atoms with van der Waals surface area (Å²) >= 11 is 0. The molecular weight excluding hydrogens is 1280 g/mol. The number of benzene rings is 15. The van der Waals surface area contributed by atoms with Gasteiger partial charge in [-0.1, -0.05) is 255 Å². The van der Waals surface area contributed by atoms with E-state index in [2.05, 4.69) is 347 Å². The van der Waals surface area contributed by atoms with Crippen LogP contribution in [0.25, 0.3) is 226 Å². The highest BCUT2D eigenvalue weighted by Gasteiger charge is 2.28. The molecule has 0 amide bonds. The minimum Gasteiger partial charge on any atom is -0.308 e. The lowest BCUT2D eigenvalue weighted by atomic mass is 9.92. The van der Waals surface area contributed by atoms with E-state index in [1.807, 2.05) is 6.08 Å². The Kier molecular flexibility index (Phi) is 11.9. The van der Waals surface area contributed by atoms with E-state index in [1.165, 1.54) is 54.3 Å². The third kappa shape index (κ3) is 7.99. The Bertz CT molecular complexity index is 7790. The van der Waals surface area contributed by atoms with E-state index in [0.717, 1.165) is 165 Å². The minimum atomic E-state index is 0.612. The van der Waals surface area contributed by atoms with Crippen molar-refractivity contribution in [3.63, 3.8) is 0 Å². The molecular formula is C97H58N8. The van der Waals surface area contributed by atoms with Crippen LogP contribution >= 0.6 is 0 Å². The van der Waals surface area contributed by atoms with Gasteiger partial charge in [-0.15, -0.1) is 0 Å².